The molecule has 150 valence electrons. The molecule has 1 aliphatic heterocycles. The summed E-state index contributed by atoms with van der Waals surface area (Å²) in [5.74, 6) is 0.278. The minimum absolute atomic E-state index is 0.128. The van der Waals surface area contributed by atoms with Gasteiger partial charge in [-0.2, -0.15) is 0 Å². The molecule has 1 saturated heterocycles. The maximum Gasteiger partial charge on any atom is 0.126 e. The maximum absolute atomic E-state index is 10.6. The minimum atomic E-state index is 0.128. The van der Waals surface area contributed by atoms with Gasteiger partial charge in [-0.1, -0.05) is 22.0 Å². The Morgan fingerprint density at radius 3 is 2.66 bits per heavy atom. The zero-order valence-electron chi connectivity index (χ0n) is 15.6. The van der Waals surface area contributed by atoms with E-state index in [2.05, 4.69) is 99.4 Å². The van der Waals surface area contributed by atoms with Gasteiger partial charge in [0.1, 0.15) is 5.75 Å². The molecule has 2 aromatic heterocycles. The van der Waals surface area contributed by atoms with Gasteiger partial charge in [-0.15, -0.1) is 0 Å². The molecule has 1 aliphatic rings. The molecule has 0 spiro atoms. The van der Waals surface area contributed by atoms with E-state index in [1.807, 2.05) is 6.20 Å². The van der Waals surface area contributed by atoms with E-state index in [1.165, 1.54) is 10.9 Å². The van der Waals surface area contributed by atoms with Crippen molar-refractivity contribution in [3.8, 4) is 5.75 Å². The molecule has 0 amide bonds. The largest absolute Gasteiger partial charge is 0.507 e. The van der Waals surface area contributed by atoms with Crippen LogP contribution in [0.5, 0.6) is 5.75 Å². The molecule has 4 N–H and O–H groups in total. The predicted octanol–water partition coefficient (Wildman–Crippen LogP) is 5.96. The maximum atomic E-state index is 10.6. The molecule has 0 bridgehead atoms. The Hall–Kier alpha value is -1.32. The van der Waals surface area contributed by atoms with E-state index in [-0.39, 0.29) is 17.8 Å². The Morgan fingerprint density at radius 2 is 1.86 bits per heavy atom. The number of hydrogen-bond acceptors (Lipinski definition) is 3. The zero-order chi connectivity index (χ0) is 20.3. The van der Waals surface area contributed by atoms with Crippen LogP contribution in [0.15, 0.2) is 50.1 Å². The van der Waals surface area contributed by atoms with E-state index in [1.54, 1.807) is 6.07 Å². The van der Waals surface area contributed by atoms with Crippen molar-refractivity contribution in [1.29, 1.82) is 0 Å². The van der Waals surface area contributed by atoms with Crippen LogP contribution in [0.3, 0.4) is 0 Å². The van der Waals surface area contributed by atoms with Gasteiger partial charge in [-0.3, -0.25) is 4.90 Å². The highest BCUT2D eigenvalue weighted by molar-refractivity contribution is 9.13. The Kier molecular flexibility index (Phi) is 5.03. The van der Waals surface area contributed by atoms with E-state index >= 15 is 0 Å². The highest BCUT2D eigenvalue weighted by Gasteiger charge is 2.31. The van der Waals surface area contributed by atoms with Gasteiger partial charge in [0, 0.05) is 62.8 Å². The summed E-state index contributed by atoms with van der Waals surface area (Å²) in [5, 5.41) is 16.4. The van der Waals surface area contributed by atoms with Crippen molar-refractivity contribution in [2.24, 2.45) is 0 Å². The van der Waals surface area contributed by atoms with Crippen molar-refractivity contribution in [2.75, 3.05) is 20.1 Å². The van der Waals surface area contributed by atoms with E-state index in [9.17, 15) is 5.11 Å². The highest BCUT2D eigenvalue weighted by atomic mass is 79.9. The molecular weight excluding hydrogens is 564 g/mol. The van der Waals surface area contributed by atoms with Gasteiger partial charge in [0.15, 0.2) is 0 Å². The SMILES string of the molecule is CN1C[C@H](c2c[nH]c3c(Br)c(Br)cc(O)c23)NCC1c1c[nH]c2cc(Br)ccc12. The number of rotatable bonds is 2. The molecule has 0 radical (unpaired) electrons. The standard InChI is InChI=1S/C21H19Br3N4O/c1-28-9-16(13-7-27-21-19(13)18(29)5-14(23)20(21)24)26-8-17(28)12-6-25-15-4-10(22)2-3-11(12)15/h2-7,16-17,25-27,29H,8-9H2,1H3/t16-,17?/m1/s1. The smallest absolute Gasteiger partial charge is 0.126 e. The Bertz CT molecular complexity index is 1230. The average molecular weight is 583 g/mol. The molecule has 29 heavy (non-hydrogen) atoms. The third-order valence-electron chi connectivity index (χ3n) is 5.83. The summed E-state index contributed by atoms with van der Waals surface area (Å²) in [6.45, 7) is 1.67. The number of aromatic nitrogens is 2. The van der Waals surface area contributed by atoms with Crippen LogP contribution in [-0.4, -0.2) is 40.1 Å². The summed E-state index contributed by atoms with van der Waals surface area (Å²) < 4.78 is 2.82. The molecule has 0 saturated carbocycles. The fourth-order valence-electron chi connectivity index (χ4n) is 4.38. The number of aromatic amines is 2. The van der Waals surface area contributed by atoms with Crippen molar-refractivity contribution in [1.82, 2.24) is 20.2 Å². The summed E-state index contributed by atoms with van der Waals surface area (Å²) in [6.07, 6.45) is 4.11. The van der Waals surface area contributed by atoms with Gasteiger partial charge in [-0.05, 0) is 68.2 Å². The van der Waals surface area contributed by atoms with Gasteiger partial charge in [0.25, 0.3) is 0 Å². The topological polar surface area (TPSA) is 67.1 Å². The number of hydrogen-bond donors (Lipinski definition) is 4. The predicted molar refractivity (Wildman–Crippen MR) is 127 cm³/mol. The molecule has 5 rings (SSSR count). The van der Waals surface area contributed by atoms with Crippen LogP contribution < -0.4 is 5.32 Å². The molecule has 8 heteroatoms. The fraction of sp³-hybridized carbons (Fsp3) is 0.238. The summed E-state index contributed by atoms with van der Waals surface area (Å²) in [4.78, 5) is 9.09. The van der Waals surface area contributed by atoms with Crippen molar-refractivity contribution in [2.45, 2.75) is 12.1 Å². The summed E-state index contributed by atoms with van der Waals surface area (Å²) in [5.41, 5.74) is 4.43. The number of nitrogens with one attached hydrogen (secondary N) is 3. The van der Waals surface area contributed by atoms with E-state index in [4.69, 9.17) is 0 Å². The Labute approximate surface area is 193 Å². The lowest BCUT2D eigenvalue weighted by atomic mass is 9.97. The number of phenolic OH excluding ortho intramolecular Hbond substituents is 1. The lowest BCUT2D eigenvalue weighted by Crippen LogP contribution is -2.45. The fourth-order valence-corrected chi connectivity index (χ4v) is 5.58. The lowest BCUT2D eigenvalue weighted by Gasteiger charge is -2.38. The number of nitrogens with zero attached hydrogens (tertiary/aromatic N) is 1. The van der Waals surface area contributed by atoms with Crippen LogP contribution in [0, 0.1) is 0 Å². The van der Waals surface area contributed by atoms with Gasteiger partial charge in [0.05, 0.1) is 9.99 Å². The number of fused-ring (bicyclic) bond motifs is 2. The molecular formula is C21H19Br3N4O. The average Bonchev–Trinajstić information content (AvgIpc) is 3.30. The zero-order valence-corrected chi connectivity index (χ0v) is 20.3. The van der Waals surface area contributed by atoms with Crippen molar-refractivity contribution >= 4 is 69.6 Å². The molecule has 2 atom stereocenters. The van der Waals surface area contributed by atoms with Gasteiger partial charge < -0.3 is 20.4 Å². The summed E-state index contributed by atoms with van der Waals surface area (Å²) in [6, 6.07) is 8.51. The van der Waals surface area contributed by atoms with Crippen LogP contribution in [-0.2, 0) is 0 Å². The van der Waals surface area contributed by atoms with Crippen molar-refractivity contribution in [3.05, 3.63) is 61.2 Å². The lowest BCUT2D eigenvalue weighted by molar-refractivity contribution is 0.166. The van der Waals surface area contributed by atoms with E-state index < -0.39 is 0 Å². The molecule has 1 fully saturated rings. The Morgan fingerprint density at radius 1 is 1.07 bits per heavy atom. The van der Waals surface area contributed by atoms with Crippen LogP contribution >= 0.6 is 47.8 Å². The molecule has 2 aromatic carbocycles. The minimum Gasteiger partial charge on any atom is -0.507 e. The van der Waals surface area contributed by atoms with Crippen LogP contribution in [0.2, 0.25) is 0 Å². The molecule has 5 nitrogen and oxygen atoms in total. The second-order valence-corrected chi connectivity index (χ2v) is 10.1. The number of aromatic hydroxyl groups is 1. The number of halogens is 3. The summed E-state index contributed by atoms with van der Waals surface area (Å²) >= 11 is 10.6. The third kappa shape index (κ3) is 3.25. The van der Waals surface area contributed by atoms with Gasteiger partial charge in [0.2, 0.25) is 0 Å². The van der Waals surface area contributed by atoms with Crippen LogP contribution in [0.25, 0.3) is 21.8 Å². The molecule has 4 aromatic rings. The van der Waals surface area contributed by atoms with E-state index in [0.717, 1.165) is 48.5 Å². The quantitative estimate of drug-likeness (QED) is 0.236. The number of likely N-dealkylation sites (N-methyl/N-ethyl adjacent to an activating group) is 1. The number of benzene rings is 2. The van der Waals surface area contributed by atoms with Crippen LogP contribution in [0.4, 0.5) is 0 Å². The van der Waals surface area contributed by atoms with Crippen LogP contribution in [0.1, 0.15) is 23.2 Å². The second-order valence-electron chi connectivity index (χ2n) is 7.54. The van der Waals surface area contributed by atoms with E-state index in [0.29, 0.717) is 0 Å². The van der Waals surface area contributed by atoms with Crippen molar-refractivity contribution < 1.29 is 5.11 Å². The number of H-pyrrole nitrogens is 2. The summed E-state index contributed by atoms with van der Waals surface area (Å²) in [7, 11) is 2.16. The normalized spacial score (nSPS) is 20.7. The number of piperazine rings is 1. The molecule has 0 aliphatic carbocycles. The van der Waals surface area contributed by atoms with Gasteiger partial charge in [-0.25, -0.2) is 0 Å². The first-order valence-corrected chi connectivity index (χ1v) is 11.7. The highest BCUT2D eigenvalue weighted by Crippen LogP contribution is 2.41. The monoisotopic (exact) mass is 580 g/mol. The van der Waals surface area contributed by atoms with Crippen molar-refractivity contribution in [3.63, 3.8) is 0 Å². The second kappa shape index (κ2) is 7.42. The molecule has 1 unspecified atom stereocenters. The third-order valence-corrected chi connectivity index (χ3v) is 8.30. The first-order chi connectivity index (χ1) is 13.9. The van der Waals surface area contributed by atoms with Gasteiger partial charge >= 0.3 is 0 Å². The first kappa shape index (κ1) is 19.6. The number of phenols is 1. The molecule has 3 heterocycles. The Balaban J connectivity index is 1.46. The first-order valence-electron chi connectivity index (χ1n) is 9.32.